The Bertz CT molecular complexity index is 536. The summed E-state index contributed by atoms with van der Waals surface area (Å²) < 4.78 is 0. The van der Waals surface area contributed by atoms with E-state index in [-0.39, 0.29) is 18.4 Å². The SMILES string of the molecule is O=C(CC1(C(=O)O)CCCC1)NC1Cc2ccccc2C1. The average molecular weight is 287 g/mol. The molecule has 3 rings (SSSR count). The number of hydrogen-bond donors (Lipinski definition) is 2. The fourth-order valence-corrected chi connectivity index (χ4v) is 3.76. The molecule has 0 radical (unpaired) electrons. The average Bonchev–Trinajstić information content (AvgIpc) is 3.05. The Morgan fingerprint density at radius 3 is 2.24 bits per heavy atom. The zero-order valence-electron chi connectivity index (χ0n) is 12.1. The van der Waals surface area contributed by atoms with Crippen molar-refractivity contribution in [2.45, 2.75) is 51.0 Å². The molecule has 4 heteroatoms. The summed E-state index contributed by atoms with van der Waals surface area (Å²) >= 11 is 0. The molecule has 21 heavy (non-hydrogen) atoms. The van der Waals surface area contributed by atoms with Crippen molar-refractivity contribution in [1.29, 1.82) is 0 Å². The Morgan fingerprint density at radius 2 is 1.71 bits per heavy atom. The molecule has 1 aromatic rings. The van der Waals surface area contributed by atoms with Crippen LogP contribution in [0.5, 0.6) is 0 Å². The van der Waals surface area contributed by atoms with Crippen molar-refractivity contribution in [3.8, 4) is 0 Å². The molecule has 2 aliphatic carbocycles. The number of benzene rings is 1. The topological polar surface area (TPSA) is 66.4 Å². The van der Waals surface area contributed by atoms with Crippen LogP contribution in [0.25, 0.3) is 0 Å². The third kappa shape index (κ3) is 2.80. The zero-order valence-corrected chi connectivity index (χ0v) is 12.1. The summed E-state index contributed by atoms with van der Waals surface area (Å²) in [6.45, 7) is 0. The molecule has 0 spiro atoms. The lowest BCUT2D eigenvalue weighted by molar-refractivity contribution is -0.151. The van der Waals surface area contributed by atoms with Crippen molar-refractivity contribution >= 4 is 11.9 Å². The molecule has 1 saturated carbocycles. The van der Waals surface area contributed by atoms with Crippen LogP contribution in [0.4, 0.5) is 0 Å². The summed E-state index contributed by atoms with van der Waals surface area (Å²) in [7, 11) is 0. The van der Waals surface area contributed by atoms with Gasteiger partial charge in [0.2, 0.25) is 5.91 Å². The number of hydrogen-bond acceptors (Lipinski definition) is 2. The molecular weight excluding hydrogens is 266 g/mol. The van der Waals surface area contributed by atoms with Crippen LogP contribution in [0.3, 0.4) is 0 Å². The van der Waals surface area contributed by atoms with Crippen molar-refractivity contribution in [3.05, 3.63) is 35.4 Å². The maximum atomic E-state index is 12.2. The molecule has 0 unspecified atom stereocenters. The molecule has 0 aliphatic heterocycles. The van der Waals surface area contributed by atoms with E-state index in [2.05, 4.69) is 17.4 Å². The lowest BCUT2D eigenvalue weighted by Gasteiger charge is -2.24. The molecule has 0 atom stereocenters. The Labute approximate surface area is 124 Å². The zero-order chi connectivity index (χ0) is 14.9. The normalized spacial score (nSPS) is 20.2. The van der Waals surface area contributed by atoms with Crippen LogP contribution >= 0.6 is 0 Å². The van der Waals surface area contributed by atoms with E-state index >= 15 is 0 Å². The maximum Gasteiger partial charge on any atom is 0.310 e. The van der Waals surface area contributed by atoms with Gasteiger partial charge in [-0.2, -0.15) is 0 Å². The highest BCUT2D eigenvalue weighted by atomic mass is 16.4. The van der Waals surface area contributed by atoms with Crippen LogP contribution in [0.15, 0.2) is 24.3 Å². The number of amides is 1. The number of nitrogens with one attached hydrogen (secondary N) is 1. The van der Waals surface area contributed by atoms with Crippen LogP contribution < -0.4 is 5.32 Å². The van der Waals surface area contributed by atoms with Gasteiger partial charge in [0.15, 0.2) is 0 Å². The van der Waals surface area contributed by atoms with Gasteiger partial charge in [-0.3, -0.25) is 9.59 Å². The fraction of sp³-hybridized carbons (Fsp3) is 0.529. The minimum absolute atomic E-state index is 0.113. The number of carbonyl (C=O) groups excluding carboxylic acids is 1. The fourth-order valence-electron chi connectivity index (χ4n) is 3.76. The molecule has 0 heterocycles. The van der Waals surface area contributed by atoms with E-state index in [9.17, 15) is 14.7 Å². The number of carbonyl (C=O) groups is 2. The Balaban J connectivity index is 1.59. The van der Waals surface area contributed by atoms with Gasteiger partial charge in [0.25, 0.3) is 0 Å². The second-order valence-electron chi connectivity index (χ2n) is 6.41. The highest BCUT2D eigenvalue weighted by Gasteiger charge is 2.43. The molecule has 0 aromatic heterocycles. The molecule has 0 bridgehead atoms. The third-order valence-corrected chi connectivity index (χ3v) is 4.93. The molecule has 4 nitrogen and oxygen atoms in total. The summed E-state index contributed by atoms with van der Waals surface area (Å²) in [6.07, 6.45) is 4.89. The summed E-state index contributed by atoms with van der Waals surface area (Å²) in [5, 5.41) is 12.5. The van der Waals surface area contributed by atoms with Gasteiger partial charge in [0, 0.05) is 12.5 Å². The Kier molecular flexibility index (Phi) is 3.70. The summed E-state index contributed by atoms with van der Waals surface area (Å²) in [6, 6.07) is 8.33. The molecule has 1 fully saturated rings. The van der Waals surface area contributed by atoms with Gasteiger partial charge in [-0.1, -0.05) is 37.1 Å². The molecule has 2 aliphatic rings. The highest BCUT2D eigenvalue weighted by molar-refractivity contribution is 5.85. The summed E-state index contributed by atoms with van der Waals surface area (Å²) in [5.41, 5.74) is 1.75. The lowest BCUT2D eigenvalue weighted by Crippen LogP contribution is -2.40. The first-order chi connectivity index (χ1) is 10.1. The molecule has 1 amide bonds. The maximum absolute atomic E-state index is 12.2. The van der Waals surface area contributed by atoms with E-state index in [4.69, 9.17) is 0 Å². The van der Waals surface area contributed by atoms with E-state index in [0.717, 1.165) is 25.7 Å². The first kappa shape index (κ1) is 14.1. The summed E-state index contributed by atoms with van der Waals surface area (Å²) in [4.78, 5) is 23.7. The van der Waals surface area contributed by atoms with Crippen molar-refractivity contribution < 1.29 is 14.7 Å². The smallest absolute Gasteiger partial charge is 0.310 e. The van der Waals surface area contributed by atoms with E-state index in [1.807, 2.05) is 12.1 Å². The predicted molar refractivity (Wildman–Crippen MR) is 78.9 cm³/mol. The van der Waals surface area contributed by atoms with Gasteiger partial charge in [-0.05, 0) is 36.8 Å². The van der Waals surface area contributed by atoms with Gasteiger partial charge >= 0.3 is 5.97 Å². The first-order valence-corrected chi connectivity index (χ1v) is 7.69. The molecule has 112 valence electrons. The Hall–Kier alpha value is -1.84. The molecular formula is C17H21NO3. The minimum atomic E-state index is -0.824. The van der Waals surface area contributed by atoms with E-state index in [0.29, 0.717) is 12.8 Å². The van der Waals surface area contributed by atoms with Gasteiger partial charge in [0.05, 0.1) is 5.41 Å². The molecule has 1 aromatic carbocycles. The summed E-state index contributed by atoms with van der Waals surface area (Å²) in [5.74, 6) is -0.929. The van der Waals surface area contributed by atoms with Crippen molar-refractivity contribution in [2.75, 3.05) is 0 Å². The monoisotopic (exact) mass is 287 g/mol. The van der Waals surface area contributed by atoms with Crippen molar-refractivity contribution in [1.82, 2.24) is 5.32 Å². The third-order valence-electron chi connectivity index (χ3n) is 4.93. The van der Waals surface area contributed by atoms with E-state index < -0.39 is 11.4 Å². The van der Waals surface area contributed by atoms with Crippen LogP contribution in [-0.4, -0.2) is 23.0 Å². The highest BCUT2D eigenvalue weighted by Crippen LogP contribution is 2.41. The van der Waals surface area contributed by atoms with Gasteiger partial charge in [-0.25, -0.2) is 0 Å². The number of carboxylic acids is 1. The number of rotatable bonds is 4. The molecule has 0 saturated heterocycles. The van der Waals surface area contributed by atoms with Crippen LogP contribution in [0.2, 0.25) is 0 Å². The minimum Gasteiger partial charge on any atom is -0.481 e. The van der Waals surface area contributed by atoms with Crippen LogP contribution in [-0.2, 0) is 22.4 Å². The quantitative estimate of drug-likeness (QED) is 0.893. The lowest BCUT2D eigenvalue weighted by atomic mass is 9.82. The van der Waals surface area contributed by atoms with Gasteiger partial charge in [0.1, 0.15) is 0 Å². The van der Waals surface area contributed by atoms with Crippen LogP contribution in [0.1, 0.15) is 43.2 Å². The van der Waals surface area contributed by atoms with Gasteiger partial charge in [-0.15, -0.1) is 0 Å². The van der Waals surface area contributed by atoms with E-state index in [1.165, 1.54) is 11.1 Å². The first-order valence-electron chi connectivity index (χ1n) is 7.69. The Morgan fingerprint density at radius 1 is 1.14 bits per heavy atom. The van der Waals surface area contributed by atoms with E-state index in [1.54, 1.807) is 0 Å². The predicted octanol–water partition coefficient (Wildman–Crippen LogP) is 2.31. The second-order valence-corrected chi connectivity index (χ2v) is 6.41. The largest absolute Gasteiger partial charge is 0.481 e. The van der Waals surface area contributed by atoms with Crippen LogP contribution in [0, 0.1) is 5.41 Å². The van der Waals surface area contributed by atoms with Crippen molar-refractivity contribution in [2.24, 2.45) is 5.41 Å². The molecule has 2 N–H and O–H groups in total. The number of carboxylic acid groups (broad SMARTS) is 1. The van der Waals surface area contributed by atoms with Gasteiger partial charge < -0.3 is 10.4 Å². The number of fused-ring (bicyclic) bond motifs is 1. The second kappa shape index (κ2) is 5.51. The standard InChI is InChI=1S/C17H21NO3/c19-15(11-17(16(20)21)7-3-4-8-17)18-14-9-12-5-1-2-6-13(12)10-14/h1-2,5-6,14H,3-4,7-11H2,(H,18,19)(H,20,21). The number of aliphatic carboxylic acids is 1. The van der Waals surface area contributed by atoms with Crippen molar-refractivity contribution in [3.63, 3.8) is 0 Å².